The van der Waals surface area contributed by atoms with Crippen LogP contribution in [0.1, 0.15) is 31.7 Å². The Morgan fingerprint density at radius 3 is 2.68 bits per heavy atom. The van der Waals surface area contributed by atoms with E-state index in [1.165, 1.54) is 6.33 Å². The van der Waals surface area contributed by atoms with Crippen LogP contribution in [0.4, 0.5) is 11.5 Å². The van der Waals surface area contributed by atoms with E-state index in [-0.39, 0.29) is 17.4 Å². The van der Waals surface area contributed by atoms with Crippen molar-refractivity contribution < 1.29 is 9.66 Å². The Bertz CT molecular complexity index is 910. The van der Waals surface area contributed by atoms with Gasteiger partial charge in [0.25, 0.3) is 0 Å². The molecule has 9 heteroatoms. The molecule has 0 fully saturated rings. The molecule has 9 nitrogen and oxygen atoms in total. The normalized spacial score (nSPS) is 10.8. The van der Waals surface area contributed by atoms with Crippen molar-refractivity contribution in [2.75, 3.05) is 11.9 Å². The Kier molecular flexibility index (Phi) is 6.15. The number of ether oxygens (including phenoxy) is 1. The van der Waals surface area contributed by atoms with Gasteiger partial charge in [0.2, 0.25) is 5.82 Å². The minimum Gasteiger partial charge on any atom is -0.434 e. The zero-order valence-corrected chi connectivity index (χ0v) is 15.8. The summed E-state index contributed by atoms with van der Waals surface area (Å²) in [5.41, 5.74) is 0.878. The number of rotatable bonds is 9. The van der Waals surface area contributed by atoms with Crippen molar-refractivity contribution in [2.45, 2.75) is 32.7 Å². The van der Waals surface area contributed by atoms with Crippen molar-refractivity contribution in [1.82, 2.24) is 19.5 Å². The predicted octanol–water partition coefficient (Wildman–Crippen LogP) is 4.00. The van der Waals surface area contributed by atoms with Crippen LogP contribution < -0.4 is 10.1 Å². The van der Waals surface area contributed by atoms with Gasteiger partial charge < -0.3 is 14.6 Å². The van der Waals surface area contributed by atoms with E-state index in [0.717, 1.165) is 18.5 Å². The van der Waals surface area contributed by atoms with E-state index in [0.29, 0.717) is 18.2 Å². The highest BCUT2D eigenvalue weighted by atomic mass is 16.6. The van der Waals surface area contributed by atoms with E-state index in [2.05, 4.69) is 34.1 Å². The number of aromatic nitrogens is 4. The summed E-state index contributed by atoms with van der Waals surface area (Å²) in [6.07, 6.45) is 7.31. The second kappa shape index (κ2) is 8.94. The van der Waals surface area contributed by atoms with Gasteiger partial charge in [-0.2, -0.15) is 4.98 Å². The smallest absolute Gasteiger partial charge is 0.373 e. The summed E-state index contributed by atoms with van der Waals surface area (Å²) in [6.45, 7) is 5.45. The molecule has 0 aliphatic heterocycles. The Balaban J connectivity index is 1.70. The van der Waals surface area contributed by atoms with Gasteiger partial charge in [0.1, 0.15) is 12.1 Å². The minimum atomic E-state index is -0.532. The van der Waals surface area contributed by atoms with E-state index in [1.54, 1.807) is 24.7 Å². The zero-order chi connectivity index (χ0) is 19.9. The van der Waals surface area contributed by atoms with Crippen LogP contribution in [-0.4, -0.2) is 31.0 Å². The molecule has 0 unspecified atom stereocenters. The van der Waals surface area contributed by atoms with E-state index in [9.17, 15) is 10.1 Å². The van der Waals surface area contributed by atoms with Gasteiger partial charge in [0.05, 0.1) is 11.3 Å². The first-order valence-corrected chi connectivity index (χ1v) is 9.01. The van der Waals surface area contributed by atoms with Gasteiger partial charge in [-0.25, -0.2) is 9.97 Å². The van der Waals surface area contributed by atoms with Gasteiger partial charge in [-0.05, 0) is 30.0 Å². The Morgan fingerprint density at radius 2 is 2.04 bits per heavy atom. The van der Waals surface area contributed by atoms with Gasteiger partial charge in [0.15, 0.2) is 0 Å². The van der Waals surface area contributed by atoms with Crippen molar-refractivity contribution in [3.63, 3.8) is 0 Å². The van der Waals surface area contributed by atoms with Crippen LogP contribution in [0.25, 0.3) is 0 Å². The Labute approximate surface area is 162 Å². The number of nitro groups is 1. The first-order chi connectivity index (χ1) is 13.5. The number of nitrogens with zero attached hydrogens (tertiary/aromatic N) is 5. The van der Waals surface area contributed by atoms with Crippen LogP contribution >= 0.6 is 0 Å². The lowest BCUT2D eigenvalue weighted by atomic mass is 10.0. The third-order valence-electron chi connectivity index (χ3n) is 4.18. The fourth-order valence-electron chi connectivity index (χ4n) is 2.65. The van der Waals surface area contributed by atoms with E-state index >= 15 is 0 Å². The van der Waals surface area contributed by atoms with Gasteiger partial charge >= 0.3 is 11.6 Å². The molecule has 0 aliphatic rings. The molecule has 2 aromatic heterocycles. The summed E-state index contributed by atoms with van der Waals surface area (Å²) >= 11 is 0. The number of hydrogen-bond acceptors (Lipinski definition) is 7. The molecule has 1 aromatic carbocycles. The summed E-state index contributed by atoms with van der Waals surface area (Å²) in [7, 11) is 0. The van der Waals surface area contributed by atoms with Crippen LogP contribution in [0, 0.1) is 10.1 Å². The molecule has 0 saturated carbocycles. The average molecular weight is 382 g/mol. The number of hydrogen-bond donors (Lipinski definition) is 1. The third kappa shape index (κ3) is 4.81. The fraction of sp³-hybridized carbons (Fsp3) is 0.316. The molecule has 0 atom stereocenters. The third-order valence-corrected chi connectivity index (χ3v) is 4.18. The monoisotopic (exact) mass is 382 g/mol. The van der Waals surface area contributed by atoms with E-state index in [1.807, 2.05) is 22.9 Å². The summed E-state index contributed by atoms with van der Waals surface area (Å²) in [5, 5.41) is 14.6. The Hall–Kier alpha value is -3.49. The van der Waals surface area contributed by atoms with Gasteiger partial charge in [-0.15, -0.1) is 0 Å². The second-order valence-corrected chi connectivity index (χ2v) is 6.54. The van der Waals surface area contributed by atoms with Crippen LogP contribution in [-0.2, 0) is 6.54 Å². The summed E-state index contributed by atoms with van der Waals surface area (Å²) in [5.74, 6) is 0.923. The molecule has 28 heavy (non-hydrogen) atoms. The molecule has 0 aliphatic carbocycles. The molecule has 0 amide bonds. The van der Waals surface area contributed by atoms with Crippen LogP contribution in [0.15, 0.2) is 49.3 Å². The second-order valence-electron chi connectivity index (χ2n) is 6.54. The summed E-state index contributed by atoms with van der Waals surface area (Å²) < 4.78 is 7.60. The molecular weight excluding hydrogens is 360 g/mol. The number of benzene rings is 1. The van der Waals surface area contributed by atoms with Gasteiger partial charge in [0, 0.05) is 25.5 Å². The quantitative estimate of drug-likeness (QED) is 0.338. The number of imidazole rings is 1. The van der Waals surface area contributed by atoms with Crippen LogP contribution in [0.2, 0.25) is 0 Å². The highest BCUT2D eigenvalue weighted by molar-refractivity contribution is 5.61. The SMILES string of the molecule is CC(C)c1ccc(Oc2ncnc(NCCCn3ccnc3)c2[N+](=O)[O-])cc1. The average Bonchev–Trinajstić information content (AvgIpc) is 3.19. The highest BCUT2D eigenvalue weighted by Crippen LogP contribution is 2.34. The molecular formula is C19H22N6O3. The van der Waals surface area contributed by atoms with Gasteiger partial charge in [-0.1, -0.05) is 26.0 Å². The standard InChI is InChI=1S/C19H22N6O3/c1-14(2)15-4-6-16(7-5-15)28-19-17(25(26)27)18(22-12-23-19)21-8-3-10-24-11-9-20-13-24/h4-7,9,11-14H,3,8,10H2,1-2H3,(H,21,22,23). The highest BCUT2D eigenvalue weighted by Gasteiger charge is 2.24. The van der Waals surface area contributed by atoms with Gasteiger partial charge in [-0.3, -0.25) is 10.1 Å². The molecule has 0 bridgehead atoms. The molecule has 1 N–H and O–H groups in total. The van der Waals surface area contributed by atoms with Crippen molar-refractivity contribution in [1.29, 1.82) is 0 Å². The van der Waals surface area contributed by atoms with Crippen molar-refractivity contribution in [2.24, 2.45) is 0 Å². The summed E-state index contributed by atoms with van der Waals surface area (Å²) in [4.78, 5) is 23.0. The topological polar surface area (TPSA) is 108 Å². The van der Waals surface area contributed by atoms with Crippen molar-refractivity contribution in [3.05, 3.63) is 65.0 Å². The zero-order valence-electron chi connectivity index (χ0n) is 15.8. The number of nitrogens with one attached hydrogen (secondary N) is 1. The molecule has 3 rings (SSSR count). The van der Waals surface area contributed by atoms with Crippen molar-refractivity contribution >= 4 is 11.5 Å². The minimum absolute atomic E-state index is 0.0885. The largest absolute Gasteiger partial charge is 0.434 e. The van der Waals surface area contributed by atoms with Crippen molar-refractivity contribution in [3.8, 4) is 11.6 Å². The first kappa shape index (κ1) is 19.3. The van der Waals surface area contributed by atoms with E-state index < -0.39 is 4.92 Å². The maximum Gasteiger partial charge on any atom is 0.373 e. The van der Waals surface area contributed by atoms with Crippen LogP contribution in [0.3, 0.4) is 0 Å². The lowest BCUT2D eigenvalue weighted by molar-refractivity contribution is -0.385. The molecule has 146 valence electrons. The maximum absolute atomic E-state index is 11.6. The molecule has 0 spiro atoms. The lowest BCUT2D eigenvalue weighted by Crippen LogP contribution is -2.10. The maximum atomic E-state index is 11.6. The molecule has 3 aromatic rings. The number of anilines is 1. The molecule has 0 saturated heterocycles. The molecule has 2 heterocycles. The predicted molar refractivity (Wildman–Crippen MR) is 105 cm³/mol. The van der Waals surface area contributed by atoms with Crippen LogP contribution in [0.5, 0.6) is 11.6 Å². The fourth-order valence-corrected chi connectivity index (χ4v) is 2.65. The lowest BCUT2D eigenvalue weighted by Gasteiger charge is -2.10. The Morgan fingerprint density at radius 1 is 1.25 bits per heavy atom. The molecule has 0 radical (unpaired) electrons. The number of aryl methyl sites for hydroxylation is 1. The van der Waals surface area contributed by atoms with E-state index in [4.69, 9.17) is 4.74 Å². The first-order valence-electron chi connectivity index (χ1n) is 9.01. The summed E-state index contributed by atoms with van der Waals surface area (Å²) in [6, 6.07) is 7.42.